The molecule has 0 aliphatic carbocycles. The van der Waals surface area contributed by atoms with E-state index in [0.717, 1.165) is 0 Å². The number of halogens is 1. The number of nitrogens with two attached hydrogens (primary N) is 1. The molecule has 2 heterocycles. The van der Waals surface area contributed by atoms with E-state index in [9.17, 15) is 14.4 Å². The van der Waals surface area contributed by atoms with Gasteiger partial charge in [-0.15, -0.1) is 0 Å². The predicted molar refractivity (Wildman–Crippen MR) is 105 cm³/mol. The fourth-order valence-electron chi connectivity index (χ4n) is 3.27. The van der Waals surface area contributed by atoms with E-state index >= 15 is 0 Å². The van der Waals surface area contributed by atoms with E-state index in [-0.39, 0.29) is 29.5 Å². The fourth-order valence-corrected chi connectivity index (χ4v) is 4.68. The lowest BCUT2D eigenvalue weighted by Gasteiger charge is -2.33. The van der Waals surface area contributed by atoms with E-state index < -0.39 is 23.1 Å². The van der Waals surface area contributed by atoms with Crippen molar-refractivity contribution in [3.8, 4) is 0 Å². The predicted octanol–water partition coefficient (Wildman–Crippen LogP) is 2.52. The summed E-state index contributed by atoms with van der Waals surface area (Å²) in [6.45, 7) is 3.51. The third kappa shape index (κ3) is 3.16. The molecule has 1 amide bonds. The van der Waals surface area contributed by atoms with E-state index in [1.807, 2.05) is 0 Å². The van der Waals surface area contributed by atoms with E-state index in [4.69, 9.17) is 26.8 Å². The number of ether oxygens (including phenoxy) is 2. The van der Waals surface area contributed by atoms with Crippen LogP contribution in [-0.2, 0) is 23.9 Å². The Morgan fingerprint density at radius 1 is 1.25 bits per heavy atom. The quantitative estimate of drug-likeness (QED) is 0.744. The molecule has 0 unspecified atom stereocenters. The summed E-state index contributed by atoms with van der Waals surface area (Å²) in [5.41, 5.74) is 6.87. The summed E-state index contributed by atoms with van der Waals surface area (Å²) in [6, 6.07) is 6.82. The van der Waals surface area contributed by atoms with Crippen LogP contribution in [0.2, 0.25) is 5.02 Å². The van der Waals surface area contributed by atoms with Gasteiger partial charge in [0.25, 0.3) is 0 Å². The average molecular weight is 423 g/mol. The van der Waals surface area contributed by atoms with Gasteiger partial charge in [-0.1, -0.05) is 41.6 Å². The molecule has 1 aromatic rings. The van der Waals surface area contributed by atoms with E-state index in [2.05, 4.69) is 0 Å². The number of nitrogens with zero attached hydrogens (tertiary/aromatic N) is 1. The molecular weight excluding hydrogens is 404 g/mol. The van der Waals surface area contributed by atoms with Crippen molar-refractivity contribution in [2.45, 2.75) is 25.0 Å². The van der Waals surface area contributed by atoms with Gasteiger partial charge in [-0.3, -0.25) is 9.69 Å². The fraction of sp³-hybridized carbons (Fsp3) is 0.316. The van der Waals surface area contributed by atoms with Crippen molar-refractivity contribution < 1.29 is 23.9 Å². The van der Waals surface area contributed by atoms with Crippen molar-refractivity contribution in [1.82, 2.24) is 4.90 Å². The van der Waals surface area contributed by atoms with Crippen LogP contribution in [0.1, 0.15) is 25.3 Å². The minimum atomic E-state index is -0.919. The highest BCUT2D eigenvalue weighted by Crippen LogP contribution is 2.50. The highest BCUT2D eigenvalue weighted by molar-refractivity contribution is 8.04. The van der Waals surface area contributed by atoms with Crippen LogP contribution in [-0.4, -0.2) is 41.7 Å². The first-order chi connectivity index (χ1) is 13.3. The van der Waals surface area contributed by atoms with Crippen molar-refractivity contribution >= 4 is 41.2 Å². The summed E-state index contributed by atoms with van der Waals surface area (Å²) in [5.74, 6) is -2.70. The molecule has 148 valence electrons. The molecular formula is C19H19ClN2O5S. The van der Waals surface area contributed by atoms with Crippen LogP contribution in [0, 0.1) is 0 Å². The molecule has 0 spiro atoms. The number of fused-ring (bicyclic) bond motifs is 1. The number of hydrogen-bond acceptors (Lipinski definition) is 7. The van der Waals surface area contributed by atoms with Crippen LogP contribution in [0.25, 0.3) is 0 Å². The third-order valence-corrected chi connectivity index (χ3v) is 6.03. The Kier molecular flexibility index (Phi) is 5.71. The molecule has 2 N–H and O–H groups in total. The van der Waals surface area contributed by atoms with Crippen LogP contribution in [0.4, 0.5) is 0 Å². The number of esters is 2. The molecule has 3 rings (SSSR count). The van der Waals surface area contributed by atoms with Crippen LogP contribution in [0.3, 0.4) is 0 Å². The Hall–Kier alpha value is -2.45. The summed E-state index contributed by atoms with van der Waals surface area (Å²) in [5, 5.41) is 0.229. The second-order valence-corrected chi connectivity index (χ2v) is 7.85. The summed E-state index contributed by atoms with van der Waals surface area (Å²) in [4.78, 5) is 39.4. The largest absolute Gasteiger partial charge is 0.466 e. The van der Waals surface area contributed by atoms with E-state index in [1.54, 1.807) is 38.1 Å². The number of rotatable bonds is 4. The van der Waals surface area contributed by atoms with Gasteiger partial charge in [0.2, 0.25) is 5.91 Å². The zero-order chi connectivity index (χ0) is 20.6. The van der Waals surface area contributed by atoms with Crippen molar-refractivity contribution in [3.05, 3.63) is 56.8 Å². The number of carbonyl (C=O) groups is 3. The minimum absolute atomic E-state index is 0.0227. The topological polar surface area (TPSA) is 98.9 Å². The molecule has 0 radical (unpaired) electrons. The number of amides is 1. The Balaban J connectivity index is 2.34. The van der Waals surface area contributed by atoms with Crippen LogP contribution in [0.5, 0.6) is 0 Å². The normalized spacial score (nSPS) is 21.7. The molecule has 0 aromatic heterocycles. The van der Waals surface area contributed by atoms with Crippen LogP contribution in [0.15, 0.2) is 46.3 Å². The van der Waals surface area contributed by atoms with E-state index in [0.29, 0.717) is 15.6 Å². The van der Waals surface area contributed by atoms with Gasteiger partial charge >= 0.3 is 11.9 Å². The van der Waals surface area contributed by atoms with Gasteiger partial charge in [0.05, 0.1) is 41.1 Å². The second-order valence-electron chi connectivity index (χ2n) is 6.12. The molecule has 7 nitrogen and oxygen atoms in total. The SMILES string of the molecule is CCOC(=O)C1=C2S[C@H](C)C(=O)N2C(N)=C(C(=O)OC)[C@@H]1c1ccccc1Cl. The van der Waals surface area contributed by atoms with Crippen LogP contribution >= 0.6 is 23.4 Å². The second kappa shape index (κ2) is 7.89. The number of thioether (sulfide) groups is 1. The molecule has 28 heavy (non-hydrogen) atoms. The number of methoxy groups -OCH3 is 1. The van der Waals surface area contributed by atoms with Crippen LogP contribution < -0.4 is 5.73 Å². The first kappa shape index (κ1) is 20.3. The zero-order valence-corrected chi connectivity index (χ0v) is 17.1. The van der Waals surface area contributed by atoms with Crippen molar-refractivity contribution in [2.75, 3.05) is 13.7 Å². The van der Waals surface area contributed by atoms with Gasteiger partial charge in [0, 0.05) is 5.02 Å². The Labute approximate surface area is 171 Å². The average Bonchev–Trinajstić information content (AvgIpc) is 2.96. The lowest BCUT2D eigenvalue weighted by molar-refractivity contribution is -0.139. The summed E-state index contributed by atoms with van der Waals surface area (Å²) in [7, 11) is 1.21. The minimum Gasteiger partial charge on any atom is -0.466 e. The van der Waals surface area contributed by atoms with Gasteiger partial charge < -0.3 is 15.2 Å². The van der Waals surface area contributed by atoms with Crippen molar-refractivity contribution in [1.29, 1.82) is 0 Å². The number of carbonyl (C=O) groups excluding carboxylic acids is 3. The Morgan fingerprint density at radius 2 is 1.93 bits per heavy atom. The standard InChI is InChI=1S/C19H19ClN2O5S/c1-4-27-19(25)14-12(10-7-5-6-8-11(10)20)13(18(24)26-3)15(21)22-16(23)9(2)28-17(14)22/h5-9,12H,4,21H2,1-3H3/t9-,12+/m1/s1. The molecule has 0 saturated carbocycles. The van der Waals surface area contributed by atoms with Crippen molar-refractivity contribution in [2.24, 2.45) is 5.73 Å². The molecule has 1 aromatic carbocycles. The molecule has 2 aliphatic heterocycles. The highest BCUT2D eigenvalue weighted by atomic mass is 35.5. The lowest BCUT2D eigenvalue weighted by atomic mass is 9.82. The van der Waals surface area contributed by atoms with Gasteiger partial charge in [0.15, 0.2) is 0 Å². The highest BCUT2D eigenvalue weighted by Gasteiger charge is 2.49. The maximum Gasteiger partial charge on any atom is 0.338 e. The molecule has 1 fully saturated rings. The monoisotopic (exact) mass is 422 g/mol. The van der Waals surface area contributed by atoms with E-state index in [1.165, 1.54) is 23.8 Å². The van der Waals surface area contributed by atoms with Crippen molar-refractivity contribution in [3.63, 3.8) is 0 Å². The first-order valence-corrected chi connectivity index (χ1v) is 9.83. The zero-order valence-electron chi connectivity index (χ0n) is 15.5. The smallest absolute Gasteiger partial charge is 0.338 e. The molecule has 2 atom stereocenters. The lowest BCUT2D eigenvalue weighted by Crippen LogP contribution is -2.40. The molecule has 0 bridgehead atoms. The summed E-state index contributed by atoms with van der Waals surface area (Å²) >= 11 is 7.58. The Bertz CT molecular complexity index is 927. The van der Waals surface area contributed by atoms with Gasteiger partial charge in [-0.05, 0) is 25.5 Å². The van der Waals surface area contributed by atoms with Gasteiger partial charge in [-0.2, -0.15) is 0 Å². The first-order valence-electron chi connectivity index (χ1n) is 8.57. The van der Waals surface area contributed by atoms with Gasteiger partial charge in [0.1, 0.15) is 5.82 Å². The third-order valence-electron chi connectivity index (χ3n) is 4.50. The number of hydrogen-bond donors (Lipinski definition) is 1. The summed E-state index contributed by atoms with van der Waals surface area (Å²) in [6.07, 6.45) is 0. The molecule has 1 saturated heterocycles. The summed E-state index contributed by atoms with van der Waals surface area (Å²) < 4.78 is 10.2. The Morgan fingerprint density at radius 3 is 2.54 bits per heavy atom. The van der Waals surface area contributed by atoms with Gasteiger partial charge in [-0.25, -0.2) is 9.59 Å². The maximum absolute atomic E-state index is 12.9. The molecule has 9 heteroatoms. The maximum atomic E-state index is 12.9. The molecule has 2 aliphatic rings. The number of benzene rings is 1.